The minimum Gasteiger partial charge on any atom is -0.476 e. The number of carboxylic acid groups (broad SMARTS) is 1. The van der Waals surface area contributed by atoms with Gasteiger partial charge in [0, 0.05) is 17.9 Å². The van der Waals surface area contributed by atoms with E-state index in [0.717, 1.165) is 56.4 Å². The maximum absolute atomic E-state index is 11.4. The number of ether oxygens (including phenoxy) is 1. The molecule has 0 spiro atoms. The maximum Gasteiger partial charge on any atom is 0.356 e. The largest absolute Gasteiger partial charge is 0.476 e. The number of hydrogen-bond donors (Lipinski definition) is 1. The van der Waals surface area contributed by atoms with Gasteiger partial charge < -0.3 is 9.84 Å². The molecule has 1 saturated heterocycles. The Kier molecular flexibility index (Phi) is 3.32. The standard InChI is InChI=1S/C15H22N2O3/c1-15(2)7-6-10-11(9-15)17(16-13(10)14(18)19)12-5-3-4-8-20-12/h12H,3-9H2,1-2H3,(H,18,19). The van der Waals surface area contributed by atoms with Crippen LogP contribution in [0.25, 0.3) is 0 Å². The van der Waals surface area contributed by atoms with E-state index in [4.69, 9.17) is 4.74 Å². The average molecular weight is 278 g/mol. The summed E-state index contributed by atoms with van der Waals surface area (Å²) < 4.78 is 7.66. The lowest BCUT2D eigenvalue weighted by molar-refractivity contribution is -0.0421. The van der Waals surface area contributed by atoms with Gasteiger partial charge in [-0.1, -0.05) is 13.8 Å². The second-order valence-corrected chi connectivity index (χ2v) is 6.69. The third-order valence-electron chi connectivity index (χ3n) is 4.45. The van der Waals surface area contributed by atoms with Gasteiger partial charge in [-0.25, -0.2) is 9.48 Å². The van der Waals surface area contributed by atoms with Gasteiger partial charge in [0.25, 0.3) is 0 Å². The molecule has 5 nitrogen and oxygen atoms in total. The predicted octanol–water partition coefficient (Wildman–Crippen LogP) is 2.80. The molecule has 110 valence electrons. The fourth-order valence-electron chi connectivity index (χ4n) is 3.29. The summed E-state index contributed by atoms with van der Waals surface area (Å²) in [5.41, 5.74) is 2.43. The molecule has 0 radical (unpaired) electrons. The van der Waals surface area contributed by atoms with Crippen LogP contribution >= 0.6 is 0 Å². The second kappa shape index (κ2) is 4.88. The average Bonchev–Trinajstić information content (AvgIpc) is 2.77. The summed E-state index contributed by atoms with van der Waals surface area (Å²) in [4.78, 5) is 11.4. The summed E-state index contributed by atoms with van der Waals surface area (Å²) in [5.74, 6) is -0.921. The minimum absolute atomic E-state index is 0.0838. The lowest BCUT2D eigenvalue weighted by Crippen LogP contribution is -2.27. The van der Waals surface area contributed by atoms with Crippen molar-refractivity contribution in [2.75, 3.05) is 6.61 Å². The molecule has 0 bridgehead atoms. The smallest absolute Gasteiger partial charge is 0.356 e. The van der Waals surface area contributed by atoms with E-state index < -0.39 is 5.97 Å². The number of carboxylic acids is 1. The SMILES string of the molecule is CC1(C)CCc2c(C(=O)O)nn(C3CCCCO3)c2C1. The van der Waals surface area contributed by atoms with E-state index in [9.17, 15) is 9.90 Å². The van der Waals surface area contributed by atoms with Gasteiger partial charge in [0.15, 0.2) is 5.69 Å². The maximum atomic E-state index is 11.4. The van der Waals surface area contributed by atoms with Gasteiger partial charge >= 0.3 is 5.97 Å². The molecular weight excluding hydrogens is 256 g/mol. The predicted molar refractivity (Wildman–Crippen MR) is 73.8 cm³/mol. The molecule has 2 aliphatic rings. The first kappa shape index (κ1) is 13.6. The Hall–Kier alpha value is -1.36. The van der Waals surface area contributed by atoms with E-state index in [1.807, 2.05) is 4.68 Å². The number of nitrogens with zero attached hydrogens (tertiary/aromatic N) is 2. The van der Waals surface area contributed by atoms with Crippen molar-refractivity contribution in [3.05, 3.63) is 17.0 Å². The summed E-state index contributed by atoms with van der Waals surface area (Å²) in [6, 6.07) is 0. The van der Waals surface area contributed by atoms with Gasteiger partial charge in [0.05, 0.1) is 0 Å². The number of fused-ring (bicyclic) bond motifs is 1. The molecular formula is C15H22N2O3. The van der Waals surface area contributed by atoms with Crippen LogP contribution in [0.1, 0.15) is 67.5 Å². The van der Waals surface area contributed by atoms with Crippen LogP contribution in [0.5, 0.6) is 0 Å². The topological polar surface area (TPSA) is 64.3 Å². The highest BCUT2D eigenvalue weighted by Gasteiger charge is 2.34. The molecule has 1 aliphatic heterocycles. The van der Waals surface area contributed by atoms with Crippen LogP contribution in [0.4, 0.5) is 0 Å². The Morgan fingerprint density at radius 2 is 2.25 bits per heavy atom. The molecule has 1 aromatic heterocycles. The van der Waals surface area contributed by atoms with E-state index in [2.05, 4.69) is 18.9 Å². The number of aromatic carboxylic acids is 1. The highest BCUT2D eigenvalue weighted by Crippen LogP contribution is 2.38. The molecule has 20 heavy (non-hydrogen) atoms. The zero-order chi connectivity index (χ0) is 14.3. The van der Waals surface area contributed by atoms with Crippen LogP contribution in [-0.2, 0) is 17.6 Å². The van der Waals surface area contributed by atoms with Gasteiger partial charge in [-0.2, -0.15) is 5.10 Å². The lowest BCUT2D eigenvalue weighted by atomic mass is 9.76. The number of aromatic nitrogens is 2. The number of carbonyl (C=O) groups is 1. The zero-order valence-corrected chi connectivity index (χ0v) is 12.2. The number of hydrogen-bond acceptors (Lipinski definition) is 3. The van der Waals surface area contributed by atoms with Crippen molar-refractivity contribution in [2.45, 2.75) is 58.6 Å². The van der Waals surface area contributed by atoms with Gasteiger partial charge in [0.1, 0.15) is 6.23 Å². The fourth-order valence-corrected chi connectivity index (χ4v) is 3.29. The molecule has 1 atom stereocenters. The van der Waals surface area contributed by atoms with E-state index in [1.165, 1.54) is 0 Å². The molecule has 1 aromatic rings. The van der Waals surface area contributed by atoms with Crippen LogP contribution in [0, 0.1) is 5.41 Å². The first-order valence-electron chi connectivity index (χ1n) is 7.43. The van der Waals surface area contributed by atoms with Crippen molar-refractivity contribution in [3.63, 3.8) is 0 Å². The molecule has 0 aromatic carbocycles. The van der Waals surface area contributed by atoms with Crippen LogP contribution in [0.15, 0.2) is 0 Å². The van der Waals surface area contributed by atoms with Gasteiger partial charge in [-0.15, -0.1) is 0 Å². The monoisotopic (exact) mass is 278 g/mol. The lowest BCUT2D eigenvalue weighted by Gasteiger charge is -2.32. The Morgan fingerprint density at radius 1 is 1.45 bits per heavy atom. The molecule has 0 amide bonds. The Morgan fingerprint density at radius 3 is 2.90 bits per heavy atom. The van der Waals surface area contributed by atoms with Gasteiger partial charge in [-0.3, -0.25) is 0 Å². The first-order chi connectivity index (χ1) is 9.48. The van der Waals surface area contributed by atoms with Crippen LogP contribution in [-0.4, -0.2) is 27.5 Å². The molecule has 1 fully saturated rings. The Bertz CT molecular complexity index is 527. The van der Waals surface area contributed by atoms with Crippen molar-refractivity contribution < 1.29 is 14.6 Å². The number of rotatable bonds is 2. The Labute approximate surface area is 118 Å². The summed E-state index contributed by atoms with van der Waals surface area (Å²) in [6.45, 7) is 5.20. The molecule has 3 rings (SSSR count). The molecule has 1 aliphatic carbocycles. The van der Waals surface area contributed by atoms with Crippen LogP contribution in [0.3, 0.4) is 0 Å². The summed E-state index contributed by atoms with van der Waals surface area (Å²) >= 11 is 0. The molecule has 2 heterocycles. The molecule has 0 saturated carbocycles. The van der Waals surface area contributed by atoms with Crippen molar-refractivity contribution >= 4 is 5.97 Å². The molecule has 1 unspecified atom stereocenters. The zero-order valence-electron chi connectivity index (χ0n) is 12.2. The van der Waals surface area contributed by atoms with E-state index >= 15 is 0 Å². The summed E-state index contributed by atoms with van der Waals surface area (Å²) in [7, 11) is 0. The van der Waals surface area contributed by atoms with Crippen molar-refractivity contribution in [1.29, 1.82) is 0 Å². The highest BCUT2D eigenvalue weighted by molar-refractivity contribution is 5.87. The van der Waals surface area contributed by atoms with Gasteiger partial charge in [0.2, 0.25) is 0 Å². The first-order valence-corrected chi connectivity index (χ1v) is 7.43. The van der Waals surface area contributed by atoms with Crippen LogP contribution < -0.4 is 0 Å². The van der Waals surface area contributed by atoms with E-state index in [1.54, 1.807) is 0 Å². The minimum atomic E-state index is -0.921. The van der Waals surface area contributed by atoms with Crippen LogP contribution in [0.2, 0.25) is 0 Å². The molecule has 1 N–H and O–H groups in total. The quantitative estimate of drug-likeness (QED) is 0.903. The highest BCUT2D eigenvalue weighted by atomic mass is 16.5. The Balaban J connectivity index is 2.03. The summed E-state index contributed by atoms with van der Waals surface area (Å²) in [5, 5.41) is 13.7. The third kappa shape index (κ3) is 2.35. The van der Waals surface area contributed by atoms with Crippen molar-refractivity contribution in [1.82, 2.24) is 9.78 Å². The fraction of sp³-hybridized carbons (Fsp3) is 0.733. The van der Waals surface area contributed by atoms with Gasteiger partial charge in [-0.05, 0) is 43.9 Å². The van der Waals surface area contributed by atoms with Crippen molar-refractivity contribution in [2.24, 2.45) is 5.41 Å². The third-order valence-corrected chi connectivity index (χ3v) is 4.45. The second-order valence-electron chi connectivity index (χ2n) is 6.69. The van der Waals surface area contributed by atoms with E-state index in [0.29, 0.717) is 0 Å². The van der Waals surface area contributed by atoms with E-state index in [-0.39, 0.29) is 17.3 Å². The summed E-state index contributed by atoms with van der Waals surface area (Å²) in [6.07, 6.45) is 5.73. The molecule has 5 heteroatoms. The van der Waals surface area contributed by atoms with Crippen molar-refractivity contribution in [3.8, 4) is 0 Å². The normalized spacial score (nSPS) is 25.2.